The SMILES string of the molecule is CC(=O)N1CC(C(=O)N2CC[C@H](NC(=O)c3nc(C)ccc3C)C[C@H](O)C2)C1. The molecule has 0 aliphatic carbocycles. The number of nitrogens with zero attached hydrogens (tertiary/aromatic N) is 3. The van der Waals surface area contributed by atoms with Crippen molar-refractivity contribution in [3.63, 3.8) is 0 Å². The Kier molecular flexibility index (Phi) is 5.98. The second-order valence-electron chi connectivity index (χ2n) is 7.87. The monoisotopic (exact) mass is 388 g/mol. The third-order valence-corrected chi connectivity index (χ3v) is 5.51. The highest BCUT2D eigenvalue weighted by atomic mass is 16.3. The van der Waals surface area contributed by atoms with Crippen LogP contribution in [0.3, 0.4) is 0 Å². The average molecular weight is 388 g/mol. The molecule has 2 aliphatic rings. The van der Waals surface area contributed by atoms with E-state index < -0.39 is 6.10 Å². The molecule has 8 heteroatoms. The number of amides is 3. The van der Waals surface area contributed by atoms with E-state index in [9.17, 15) is 19.5 Å². The van der Waals surface area contributed by atoms with Crippen LogP contribution in [0, 0.1) is 19.8 Å². The second kappa shape index (κ2) is 8.26. The standard InChI is InChI=1S/C20H28N4O4/c1-12-4-5-13(2)21-18(12)19(27)22-16-6-7-23(11-17(26)8-16)20(28)15-9-24(10-15)14(3)25/h4-5,15-17,26H,6-11H2,1-3H3,(H,22,27)/t16-,17-/m0/s1. The number of β-amino-alcohol motifs (C(OH)–C–C–N with tert-alkyl or cyclic N) is 1. The summed E-state index contributed by atoms with van der Waals surface area (Å²) in [4.78, 5) is 44.2. The minimum Gasteiger partial charge on any atom is -0.391 e. The largest absolute Gasteiger partial charge is 0.391 e. The molecule has 2 aliphatic heterocycles. The van der Waals surface area contributed by atoms with Crippen molar-refractivity contribution in [3.8, 4) is 0 Å². The van der Waals surface area contributed by atoms with E-state index in [-0.39, 0.29) is 36.2 Å². The Balaban J connectivity index is 1.58. The van der Waals surface area contributed by atoms with Gasteiger partial charge in [0.2, 0.25) is 11.8 Å². The lowest BCUT2D eigenvalue weighted by Gasteiger charge is -2.40. The predicted molar refractivity (Wildman–Crippen MR) is 103 cm³/mol. The molecule has 152 valence electrons. The van der Waals surface area contributed by atoms with E-state index in [4.69, 9.17) is 0 Å². The molecule has 28 heavy (non-hydrogen) atoms. The summed E-state index contributed by atoms with van der Waals surface area (Å²) >= 11 is 0. The summed E-state index contributed by atoms with van der Waals surface area (Å²) in [5, 5.41) is 13.3. The fourth-order valence-corrected chi connectivity index (χ4v) is 3.77. The molecule has 2 N–H and O–H groups in total. The number of carbonyl (C=O) groups excluding carboxylic acids is 3. The predicted octanol–water partition coefficient (Wildman–Crippen LogP) is 0.258. The summed E-state index contributed by atoms with van der Waals surface area (Å²) < 4.78 is 0. The van der Waals surface area contributed by atoms with E-state index in [0.29, 0.717) is 38.2 Å². The molecular weight excluding hydrogens is 360 g/mol. The Hall–Kier alpha value is -2.48. The molecule has 3 rings (SSSR count). The smallest absolute Gasteiger partial charge is 0.270 e. The number of hydrogen-bond donors (Lipinski definition) is 2. The minimum absolute atomic E-state index is 0.0252. The third kappa shape index (κ3) is 4.49. The fraction of sp³-hybridized carbons (Fsp3) is 0.600. The van der Waals surface area contributed by atoms with E-state index in [2.05, 4.69) is 10.3 Å². The number of hydrogen-bond acceptors (Lipinski definition) is 5. The van der Waals surface area contributed by atoms with Gasteiger partial charge in [-0.2, -0.15) is 0 Å². The second-order valence-corrected chi connectivity index (χ2v) is 7.87. The zero-order chi connectivity index (χ0) is 20.4. The van der Waals surface area contributed by atoms with Gasteiger partial charge in [0.1, 0.15) is 5.69 Å². The van der Waals surface area contributed by atoms with Gasteiger partial charge in [0.25, 0.3) is 5.91 Å². The van der Waals surface area contributed by atoms with Crippen molar-refractivity contribution in [3.05, 3.63) is 29.1 Å². The Morgan fingerprint density at radius 3 is 2.54 bits per heavy atom. The summed E-state index contributed by atoms with van der Waals surface area (Å²) in [6.07, 6.45) is 0.264. The molecule has 0 saturated carbocycles. The molecule has 2 atom stereocenters. The third-order valence-electron chi connectivity index (χ3n) is 5.51. The zero-order valence-electron chi connectivity index (χ0n) is 16.6. The van der Waals surface area contributed by atoms with Crippen LogP contribution < -0.4 is 5.32 Å². The van der Waals surface area contributed by atoms with Gasteiger partial charge in [-0.25, -0.2) is 4.98 Å². The number of aliphatic hydroxyl groups excluding tert-OH is 1. The van der Waals surface area contributed by atoms with Crippen LogP contribution in [0.25, 0.3) is 0 Å². The van der Waals surface area contributed by atoms with Gasteiger partial charge in [-0.3, -0.25) is 14.4 Å². The van der Waals surface area contributed by atoms with E-state index >= 15 is 0 Å². The number of nitrogens with one attached hydrogen (secondary N) is 1. The quantitative estimate of drug-likeness (QED) is 0.773. The molecule has 0 aromatic carbocycles. The average Bonchev–Trinajstić information content (AvgIpc) is 2.76. The van der Waals surface area contributed by atoms with E-state index in [0.717, 1.165) is 11.3 Å². The van der Waals surface area contributed by atoms with Gasteiger partial charge < -0.3 is 20.2 Å². The van der Waals surface area contributed by atoms with Gasteiger partial charge in [0.05, 0.1) is 12.0 Å². The van der Waals surface area contributed by atoms with Gasteiger partial charge in [-0.05, 0) is 38.3 Å². The molecule has 0 radical (unpaired) electrons. The molecular formula is C20H28N4O4. The summed E-state index contributed by atoms with van der Waals surface area (Å²) in [5.41, 5.74) is 1.97. The summed E-state index contributed by atoms with van der Waals surface area (Å²) in [6, 6.07) is 3.50. The molecule has 1 aromatic rings. The molecule has 0 spiro atoms. The normalized spacial score (nSPS) is 23.0. The Labute approximate surface area is 164 Å². The first-order valence-electron chi connectivity index (χ1n) is 9.72. The van der Waals surface area contributed by atoms with Crippen molar-refractivity contribution in [2.24, 2.45) is 5.92 Å². The highest BCUT2D eigenvalue weighted by Gasteiger charge is 2.38. The minimum atomic E-state index is -0.702. The first-order valence-corrected chi connectivity index (χ1v) is 9.72. The number of rotatable bonds is 3. The zero-order valence-corrected chi connectivity index (χ0v) is 16.6. The Morgan fingerprint density at radius 1 is 1.14 bits per heavy atom. The van der Waals surface area contributed by atoms with Crippen LogP contribution in [-0.2, 0) is 9.59 Å². The van der Waals surface area contributed by atoms with Gasteiger partial charge >= 0.3 is 0 Å². The van der Waals surface area contributed by atoms with Crippen LogP contribution in [0.5, 0.6) is 0 Å². The number of pyridine rings is 1. The number of aryl methyl sites for hydroxylation is 2. The topological polar surface area (TPSA) is 103 Å². The van der Waals surface area contributed by atoms with Gasteiger partial charge in [0.15, 0.2) is 0 Å². The maximum Gasteiger partial charge on any atom is 0.270 e. The number of carbonyl (C=O) groups is 3. The Bertz CT molecular complexity index is 775. The lowest BCUT2D eigenvalue weighted by molar-refractivity contribution is -0.148. The molecule has 2 saturated heterocycles. The number of aromatic nitrogens is 1. The lowest BCUT2D eigenvalue weighted by atomic mass is 9.98. The van der Waals surface area contributed by atoms with Gasteiger partial charge in [-0.15, -0.1) is 0 Å². The van der Waals surface area contributed by atoms with Crippen molar-refractivity contribution in [1.29, 1.82) is 0 Å². The summed E-state index contributed by atoms with van der Waals surface area (Å²) in [5.74, 6) is -0.502. The van der Waals surface area contributed by atoms with Crippen LogP contribution in [0.4, 0.5) is 0 Å². The molecule has 8 nitrogen and oxygen atoms in total. The molecule has 3 heterocycles. The van der Waals surface area contributed by atoms with E-state index in [1.165, 1.54) is 6.92 Å². The van der Waals surface area contributed by atoms with E-state index in [1.807, 2.05) is 26.0 Å². The first kappa shape index (κ1) is 20.3. The molecule has 3 amide bonds. The van der Waals surface area contributed by atoms with Crippen LogP contribution in [0.15, 0.2) is 12.1 Å². The molecule has 0 bridgehead atoms. The molecule has 1 aromatic heterocycles. The van der Waals surface area contributed by atoms with Gasteiger partial charge in [-0.1, -0.05) is 6.07 Å². The Morgan fingerprint density at radius 2 is 1.86 bits per heavy atom. The van der Waals surface area contributed by atoms with Crippen LogP contribution >= 0.6 is 0 Å². The van der Waals surface area contributed by atoms with Crippen LogP contribution in [0.2, 0.25) is 0 Å². The number of aliphatic hydroxyl groups is 1. The summed E-state index contributed by atoms with van der Waals surface area (Å²) in [7, 11) is 0. The fourth-order valence-electron chi connectivity index (χ4n) is 3.77. The van der Waals surface area contributed by atoms with Crippen molar-refractivity contribution in [1.82, 2.24) is 20.1 Å². The van der Waals surface area contributed by atoms with Crippen LogP contribution in [0.1, 0.15) is 41.5 Å². The highest BCUT2D eigenvalue weighted by molar-refractivity contribution is 5.93. The first-order chi connectivity index (χ1) is 13.2. The van der Waals surface area contributed by atoms with Crippen molar-refractivity contribution >= 4 is 17.7 Å². The lowest BCUT2D eigenvalue weighted by Crippen LogP contribution is -2.56. The van der Waals surface area contributed by atoms with E-state index in [1.54, 1.807) is 9.80 Å². The van der Waals surface area contributed by atoms with Gasteiger partial charge in [0, 0.05) is 44.8 Å². The molecule has 0 unspecified atom stereocenters. The van der Waals surface area contributed by atoms with Crippen molar-refractivity contribution in [2.45, 2.75) is 45.8 Å². The number of likely N-dealkylation sites (tertiary alicyclic amines) is 2. The van der Waals surface area contributed by atoms with Crippen molar-refractivity contribution in [2.75, 3.05) is 26.2 Å². The molecule has 2 fully saturated rings. The maximum atomic E-state index is 12.7. The maximum absolute atomic E-state index is 12.7. The van der Waals surface area contributed by atoms with Crippen LogP contribution in [-0.4, -0.2) is 75.9 Å². The van der Waals surface area contributed by atoms with Crippen molar-refractivity contribution < 1.29 is 19.5 Å². The highest BCUT2D eigenvalue weighted by Crippen LogP contribution is 2.21. The summed E-state index contributed by atoms with van der Waals surface area (Å²) in [6.45, 7) is 6.78.